The van der Waals surface area contributed by atoms with Gasteiger partial charge in [0, 0.05) is 6.16 Å². The highest BCUT2D eigenvalue weighted by molar-refractivity contribution is 7.61. The summed E-state index contributed by atoms with van der Waals surface area (Å²) in [6, 6.07) is 0. The average molecular weight is 204 g/mol. The van der Waals surface area contributed by atoms with E-state index in [0.717, 1.165) is 12.8 Å². The summed E-state index contributed by atoms with van der Waals surface area (Å²) >= 11 is 0. The Morgan fingerprint density at radius 1 is 1.23 bits per heavy atom. The first-order chi connectivity index (χ1) is 6.12. The van der Waals surface area contributed by atoms with Gasteiger partial charge in [0.15, 0.2) is 0 Å². The summed E-state index contributed by atoms with van der Waals surface area (Å²) in [4.78, 5) is 9.16. The van der Waals surface area contributed by atoms with Gasteiger partial charge in [-0.3, -0.25) is 4.57 Å². The molecule has 3 heteroatoms. The van der Waals surface area contributed by atoms with E-state index >= 15 is 0 Å². The first-order valence-corrected chi connectivity index (χ1v) is 6.99. The third-order valence-electron chi connectivity index (χ3n) is 2.12. The van der Waals surface area contributed by atoms with Crippen LogP contribution in [0.25, 0.3) is 0 Å². The third-order valence-corrected chi connectivity index (χ3v) is 3.64. The second-order valence-electron chi connectivity index (χ2n) is 3.43. The van der Waals surface area contributed by atoms with Crippen molar-refractivity contribution >= 4 is 7.37 Å². The van der Waals surface area contributed by atoms with Crippen LogP contribution in [0.1, 0.15) is 45.4 Å². The smallest absolute Gasteiger partial charge is 0.222 e. The first-order valence-electron chi connectivity index (χ1n) is 5.07. The summed E-state index contributed by atoms with van der Waals surface area (Å²) in [6.07, 6.45) is 7.28. The van der Waals surface area contributed by atoms with Crippen LogP contribution in [0.2, 0.25) is 0 Å². The zero-order valence-electron chi connectivity index (χ0n) is 8.54. The van der Waals surface area contributed by atoms with Crippen molar-refractivity contribution in [3.8, 4) is 0 Å². The largest absolute Gasteiger partial charge is 0.341 e. The van der Waals surface area contributed by atoms with Crippen LogP contribution in [0.5, 0.6) is 0 Å². The van der Waals surface area contributed by atoms with Gasteiger partial charge in [-0.25, -0.2) is 0 Å². The van der Waals surface area contributed by atoms with Crippen molar-refractivity contribution in [2.75, 3.05) is 6.16 Å². The van der Waals surface area contributed by atoms with E-state index < -0.39 is 7.37 Å². The van der Waals surface area contributed by atoms with E-state index in [1.807, 2.05) is 0 Å². The normalized spacial score (nSPS) is 15.2. The fourth-order valence-electron chi connectivity index (χ4n) is 1.21. The van der Waals surface area contributed by atoms with Crippen LogP contribution in [-0.4, -0.2) is 11.1 Å². The molecule has 1 N–H and O–H groups in total. The van der Waals surface area contributed by atoms with E-state index in [2.05, 4.69) is 13.5 Å². The maximum Gasteiger partial charge on any atom is 0.222 e. The molecule has 0 aromatic carbocycles. The molecule has 0 fully saturated rings. The third kappa shape index (κ3) is 8.27. The summed E-state index contributed by atoms with van der Waals surface area (Å²) in [7, 11) is -2.97. The minimum Gasteiger partial charge on any atom is -0.341 e. The lowest BCUT2D eigenvalue weighted by molar-refractivity contribution is 0.484. The SMILES string of the molecule is C=CP(=O)(O)CCCCCCCC. The number of rotatable bonds is 8. The Kier molecular flexibility index (Phi) is 7.31. The van der Waals surface area contributed by atoms with Crippen LogP contribution in [0.4, 0.5) is 0 Å². The van der Waals surface area contributed by atoms with E-state index in [1.54, 1.807) is 0 Å². The van der Waals surface area contributed by atoms with Gasteiger partial charge in [0.1, 0.15) is 0 Å². The number of unbranched alkanes of at least 4 members (excludes halogenated alkanes) is 5. The molecule has 2 nitrogen and oxygen atoms in total. The van der Waals surface area contributed by atoms with Crippen LogP contribution < -0.4 is 0 Å². The highest BCUT2D eigenvalue weighted by Gasteiger charge is 2.10. The highest BCUT2D eigenvalue weighted by Crippen LogP contribution is 2.42. The van der Waals surface area contributed by atoms with Gasteiger partial charge in [0.25, 0.3) is 0 Å². The summed E-state index contributed by atoms with van der Waals surface area (Å²) in [6.45, 7) is 5.53. The molecule has 0 bridgehead atoms. The molecule has 0 amide bonds. The molecule has 0 aromatic rings. The van der Waals surface area contributed by atoms with Crippen molar-refractivity contribution in [2.45, 2.75) is 45.4 Å². The topological polar surface area (TPSA) is 37.3 Å². The fourth-order valence-corrected chi connectivity index (χ4v) is 2.07. The minimum absolute atomic E-state index is 0.405. The van der Waals surface area contributed by atoms with Gasteiger partial charge in [0.05, 0.1) is 0 Å². The zero-order chi connectivity index (χ0) is 10.2. The molecule has 0 aromatic heterocycles. The van der Waals surface area contributed by atoms with Crippen molar-refractivity contribution in [2.24, 2.45) is 0 Å². The van der Waals surface area contributed by atoms with Crippen molar-refractivity contribution in [1.29, 1.82) is 0 Å². The summed E-state index contributed by atoms with van der Waals surface area (Å²) in [5.41, 5.74) is 0. The second kappa shape index (κ2) is 7.34. The maximum absolute atomic E-state index is 11.1. The molecule has 0 saturated heterocycles. The Labute approximate surface area is 81.5 Å². The number of hydrogen-bond acceptors (Lipinski definition) is 1. The molecule has 0 heterocycles. The van der Waals surface area contributed by atoms with Gasteiger partial charge in [-0.15, -0.1) is 0 Å². The number of hydrogen-bond donors (Lipinski definition) is 1. The monoisotopic (exact) mass is 204 g/mol. The lowest BCUT2D eigenvalue weighted by atomic mass is 10.1. The minimum atomic E-state index is -2.97. The second-order valence-corrected chi connectivity index (χ2v) is 5.75. The molecular weight excluding hydrogens is 183 g/mol. The van der Waals surface area contributed by atoms with Crippen LogP contribution in [0, 0.1) is 0 Å². The van der Waals surface area contributed by atoms with Gasteiger partial charge in [-0.05, 0) is 12.2 Å². The molecule has 0 saturated carbocycles. The lowest BCUT2D eigenvalue weighted by Crippen LogP contribution is -1.86. The van der Waals surface area contributed by atoms with Gasteiger partial charge < -0.3 is 4.89 Å². The summed E-state index contributed by atoms with van der Waals surface area (Å²) in [5, 5.41) is 0. The molecule has 0 spiro atoms. The van der Waals surface area contributed by atoms with Crippen molar-refractivity contribution < 1.29 is 9.46 Å². The van der Waals surface area contributed by atoms with Crippen LogP contribution in [0.3, 0.4) is 0 Å². The molecule has 0 aliphatic heterocycles. The molecule has 0 radical (unpaired) electrons. The molecule has 1 atom stereocenters. The molecule has 78 valence electrons. The Balaban J connectivity index is 3.26. The Hall–Kier alpha value is -0.0700. The Morgan fingerprint density at radius 2 is 1.77 bits per heavy atom. The summed E-state index contributed by atoms with van der Waals surface area (Å²) in [5.74, 6) is 1.19. The Bertz CT molecular complexity index is 178. The fraction of sp³-hybridized carbons (Fsp3) is 0.800. The standard InChI is InChI=1S/C10H21O2P/c1-3-5-6-7-8-9-10-13(11,12)4-2/h4H,2-3,5-10H2,1H3,(H,11,12). The predicted molar refractivity (Wildman–Crippen MR) is 58.3 cm³/mol. The van der Waals surface area contributed by atoms with E-state index in [-0.39, 0.29) is 0 Å². The molecule has 0 rings (SSSR count). The van der Waals surface area contributed by atoms with Crippen LogP contribution >= 0.6 is 7.37 Å². The molecule has 0 aliphatic rings. The van der Waals surface area contributed by atoms with Crippen molar-refractivity contribution in [1.82, 2.24) is 0 Å². The first kappa shape index (κ1) is 12.9. The maximum atomic E-state index is 11.1. The van der Waals surface area contributed by atoms with Crippen LogP contribution in [0.15, 0.2) is 12.4 Å². The van der Waals surface area contributed by atoms with E-state index in [9.17, 15) is 4.57 Å². The molecule has 0 aliphatic carbocycles. The predicted octanol–water partition coefficient (Wildman–Crippen LogP) is 3.76. The van der Waals surface area contributed by atoms with E-state index in [0.29, 0.717) is 6.16 Å². The average Bonchev–Trinajstić information content (AvgIpc) is 2.11. The summed E-state index contributed by atoms with van der Waals surface area (Å²) < 4.78 is 11.1. The van der Waals surface area contributed by atoms with E-state index in [1.165, 1.54) is 31.5 Å². The van der Waals surface area contributed by atoms with Gasteiger partial charge in [-0.2, -0.15) is 0 Å². The van der Waals surface area contributed by atoms with Crippen molar-refractivity contribution in [3.63, 3.8) is 0 Å². The van der Waals surface area contributed by atoms with Crippen molar-refractivity contribution in [3.05, 3.63) is 12.4 Å². The van der Waals surface area contributed by atoms with E-state index in [4.69, 9.17) is 4.89 Å². The molecule has 1 unspecified atom stereocenters. The van der Waals surface area contributed by atoms with Gasteiger partial charge in [-0.1, -0.05) is 45.6 Å². The zero-order valence-corrected chi connectivity index (χ0v) is 9.43. The quantitative estimate of drug-likeness (QED) is 0.482. The van der Waals surface area contributed by atoms with Crippen LogP contribution in [-0.2, 0) is 4.57 Å². The highest BCUT2D eigenvalue weighted by atomic mass is 31.2. The van der Waals surface area contributed by atoms with Gasteiger partial charge >= 0.3 is 0 Å². The molecular formula is C10H21O2P. The Morgan fingerprint density at radius 3 is 2.31 bits per heavy atom. The molecule has 13 heavy (non-hydrogen) atoms. The lowest BCUT2D eigenvalue weighted by Gasteiger charge is -2.05. The van der Waals surface area contributed by atoms with Gasteiger partial charge in [0.2, 0.25) is 7.37 Å².